The Morgan fingerprint density at radius 2 is 1.95 bits per heavy atom. The molecule has 0 unspecified atom stereocenters. The van der Waals surface area contributed by atoms with E-state index in [9.17, 15) is 9.59 Å². The number of hydrogen-bond donors (Lipinski definition) is 2. The highest BCUT2D eigenvalue weighted by Gasteiger charge is 2.07. The van der Waals surface area contributed by atoms with Crippen molar-refractivity contribution in [1.82, 2.24) is 9.55 Å². The number of hydrogen-bond acceptors (Lipinski definition) is 2. The quantitative estimate of drug-likeness (QED) is 0.771. The summed E-state index contributed by atoms with van der Waals surface area (Å²) in [6, 6.07) is 14.9. The number of aromatic amines is 1. The van der Waals surface area contributed by atoms with E-state index in [0.29, 0.717) is 17.6 Å². The van der Waals surface area contributed by atoms with Gasteiger partial charge in [-0.1, -0.05) is 30.3 Å². The fourth-order valence-corrected chi connectivity index (χ4v) is 2.30. The molecule has 0 saturated heterocycles. The van der Waals surface area contributed by atoms with E-state index in [-0.39, 0.29) is 11.6 Å². The van der Waals surface area contributed by atoms with Crippen LogP contribution in [0.4, 0.5) is 5.69 Å². The van der Waals surface area contributed by atoms with Gasteiger partial charge in [-0.15, -0.1) is 0 Å². The highest BCUT2D eigenvalue weighted by molar-refractivity contribution is 5.94. The first-order chi connectivity index (χ1) is 10.1. The van der Waals surface area contributed by atoms with E-state index >= 15 is 0 Å². The topological polar surface area (TPSA) is 66.9 Å². The van der Waals surface area contributed by atoms with Crippen molar-refractivity contribution in [3.63, 3.8) is 0 Å². The molecule has 3 aromatic rings. The summed E-state index contributed by atoms with van der Waals surface area (Å²) in [6.07, 6.45) is 0.324. The fraction of sp³-hybridized carbons (Fsp3) is 0.125. The Balaban J connectivity index is 1.78. The molecular weight excluding hydrogens is 266 g/mol. The van der Waals surface area contributed by atoms with Crippen LogP contribution in [0, 0.1) is 0 Å². The minimum atomic E-state index is -0.169. The van der Waals surface area contributed by atoms with Crippen molar-refractivity contribution in [3.05, 3.63) is 64.6 Å². The van der Waals surface area contributed by atoms with Crippen LogP contribution in [0.2, 0.25) is 0 Å². The molecule has 0 bridgehead atoms. The average Bonchev–Trinajstić information content (AvgIpc) is 2.74. The van der Waals surface area contributed by atoms with Crippen molar-refractivity contribution in [2.75, 3.05) is 5.32 Å². The molecule has 0 saturated carbocycles. The molecule has 5 heteroatoms. The zero-order chi connectivity index (χ0) is 14.8. The van der Waals surface area contributed by atoms with Gasteiger partial charge in [-0.3, -0.25) is 9.36 Å². The Morgan fingerprint density at radius 1 is 1.19 bits per heavy atom. The first-order valence-electron chi connectivity index (χ1n) is 6.66. The van der Waals surface area contributed by atoms with Crippen LogP contribution >= 0.6 is 0 Å². The van der Waals surface area contributed by atoms with Gasteiger partial charge in [0.1, 0.15) is 0 Å². The molecule has 0 fully saturated rings. The Morgan fingerprint density at radius 3 is 2.71 bits per heavy atom. The summed E-state index contributed by atoms with van der Waals surface area (Å²) in [6.45, 7) is 0. The van der Waals surface area contributed by atoms with Crippen LogP contribution in [0.5, 0.6) is 0 Å². The van der Waals surface area contributed by atoms with Crippen LogP contribution in [0.15, 0.2) is 53.3 Å². The average molecular weight is 281 g/mol. The predicted molar refractivity (Wildman–Crippen MR) is 82.3 cm³/mol. The normalized spacial score (nSPS) is 10.7. The summed E-state index contributed by atoms with van der Waals surface area (Å²) >= 11 is 0. The van der Waals surface area contributed by atoms with E-state index in [1.165, 1.54) is 4.57 Å². The zero-order valence-corrected chi connectivity index (χ0v) is 11.6. The van der Waals surface area contributed by atoms with Crippen LogP contribution in [0.1, 0.15) is 5.56 Å². The van der Waals surface area contributed by atoms with Crippen molar-refractivity contribution in [1.29, 1.82) is 0 Å². The van der Waals surface area contributed by atoms with Crippen LogP contribution in [0.25, 0.3) is 11.0 Å². The molecule has 1 heterocycles. The number of amides is 1. The molecule has 0 spiro atoms. The number of aryl methyl sites for hydroxylation is 1. The maximum absolute atomic E-state index is 12.0. The third kappa shape index (κ3) is 2.72. The molecule has 0 aliphatic rings. The number of carbonyl (C=O) groups excluding carboxylic acids is 1. The third-order valence-corrected chi connectivity index (χ3v) is 3.40. The highest BCUT2D eigenvalue weighted by atomic mass is 16.2. The lowest BCUT2D eigenvalue weighted by Gasteiger charge is -2.05. The summed E-state index contributed by atoms with van der Waals surface area (Å²) in [4.78, 5) is 26.3. The lowest BCUT2D eigenvalue weighted by atomic mass is 10.1. The van der Waals surface area contributed by atoms with Gasteiger partial charge in [0.05, 0.1) is 17.5 Å². The van der Waals surface area contributed by atoms with Gasteiger partial charge in [-0.2, -0.15) is 0 Å². The predicted octanol–water partition coefficient (Wildman–Crippen LogP) is 2.05. The minimum Gasteiger partial charge on any atom is -0.326 e. The number of nitrogens with one attached hydrogen (secondary N) is 2. The summed E-state index contributed by atoms with van der Waals surface area (Å²) in [5.74, 6) is -0.0844. The number of aromatic nitrogens is 2. The van der Waals surface area contributed by atoms with Crippen LogP contribution in [-0.2, 0) is 18.3 Å². The number of benzene rings is 2. The van der Waals surface area contributed by atoms with Gasteiger partial charge in [0.2, 0.25) is 5.91 Å². The van der Waals surface area contributed by atoms with Crippen LogP contribution < -0.4 is 11.0 Å². The molecule has 0 atom stereocenters. The first kappa shape index (κ1) is 13.2. The van der Waals surface area contributed by atoms with Gasteiger partial charge in [0, 0.05) is 12.7 Å². The number of H-pyrrole nitrogens is 1. The minimum absolute atomic E-state index is 0.0844. The Kier molecular flexibility index (Phi) is 3.31. The molecule has 2 aromatic carbocycles. The second-order valence-electron chi connectivity index (χ2n) is 4.93. The Hall–Kier alpha value is -2.82. The summed E-state index contributed by atoms with van der Waals surface area (Å²) < 4.78 is 1.53. The molecule has 0 aliphatic carbocycles. The molecule has 3 rings (SSSR count). The monoisotopic (exact) mass is 281 g/mol. The van der Waals surface area contributed by atoms with E-state index in [2.05, 4.69) is 10.3 Å². The van der Waals surface area contributed by atoms with Crippen LogP contribution in [-0.4, -0.2) is 15.5 Å². The molecule has 2 N–H and O–H groups in total. The summed E-state index contributed by atoms with van der Waals surface area (Å²) in [5, 5.41) is 2.84. The van der Waals surface area contributed by atoms with Crippen LogP contribution in [0.3, 0.4) is 0 Å². The molecule has 21 heavy (non-hydrogen) atoms. The molecular formula is C16H15N3O2. The lowest BCUT2D eigenvalue weighted by Crippen LogP contribution is -2.14. The van der Waals surface area contributed by atoms with E-state index in [1.54, 1.807) is 19.2 Å². The number of nitrogens with zero attached hydrogens (tertiary/aromatic N) is 1. The van der Waals surface area contributed by atoms with Gasteiger partial charge in [0.15, 0.2) is 0 Å². The molecule has 1 aromatic heterocycles. The third-order valence-electron chi connectivity index (χ3n) is 3.40. The van der Waals surface area contributed by atoms with Crippen molar-refractivity contribution < 1.29 is 4.79 Å². The molecule has 106 valence electrons. The zero-order valence-electron chi connectivity index (χ0n) is 11.6. The second-order valence-corrected chi connectivity index (χ2v) is 4.93. The number of anilines is 1. The Bertz CT molecular complexity index is 847. The number of imidazole rings is 1. The van der Waals surface area contributed by atoms with Gasteiger partial charge >= 0.3 is 5.69 Å². The largest absolute Gasteiger partial charge is 0.326 e. The Labute approximate surface area is 121 Å². The van der Waals surface area contributed by atoms with Crippen molar-refractivity contribution in [2.45, 2.75) is 6.42 Å². The standard InChI is InChI=1S/C16H15N3O2/c1-19-14-8-7-12(10-13(14)18-16(19)21)17-15(20)9-11-5-3-2-4-6-11/h2-8,10H,9H2,1H3,(H,17,20)(H,18,21). The molecule has 0 aliphatic heterocycles. The maximum atomic E-state index is 12.0. The van der Waals surface area contributed by atoms with Gasteiger partial charge in [-0.25, -0.2) is 4.79 Å². The smallest absolute Gasteiger partial charge is 0.326 e. The first-order valence-corrected chi connectivity index (χ1v) is 6.66. The summed E-state index contributed by atoms with van der Waals surface area (Å²) in [7, 11) is 1.70. The second kappa shape index (κ2) is 5.28. The fourth-order valence-electron chi connectivity index (χ4n) is 2.30. The van der Waals surface area contributed by atoms with Gasteiger partial charge < -0.3 is 10.3 Å². The van der Waals surface area contributed by atoms with Crippen molar-refractivity contribution in [2.24, 2.45) is 7.05 Å². The van der Waals surface area contributed by atoms with Gasteiger partial charge in [-0.05, 0) is 23.8 Å². The van der Waals surface area contributed by atoms with E-state index < -0.39 is 0 Å². The lowest BCUT2D eigenvalue weighted by molar-refractivity contribution is -0.115. The van der Waals surface area contributed by atoms with E-state index in [4.69, 9.17) is 0 Å². The molecule has 1 amide bonds. The maximum Gasteiger partial charge on any atom is 0.326 e. The van der Waals surface area contributed by atoms with Gasteiger partial charge in [0.25, 0.3) is 0 Å². The molecule has 0 radical (unpaired) electrons. The van der Waals surface area contributed by atoms with E-state index in [0.717, 1.165) is 11.1 Å². The summed E-state index contributed by atoms with van der Waals surface area (Å²) in [5.41, 5.74) is 2.98. The van der Waals surface area contributed by atoms with E-state index in [1.807, 2.05) is 36.4 Å². The number of rotatable bonds is 3. The van der Waals surface area contributed by atoms with Crippen molar-refractivity contribution in [3.8, 4) is 0 Å². The number of fused-ring (bicyclic) bond motifs is 1. The number of carbonyl (C=O) groups is 1. The molecule has 5 nitrogen and oxygen atoms in total. The highest BCUT2D eigenvalue weighted by Crippen LogP contribution is 2.16. The SMILES string of the molecule is Cn1c(=O)[nH]c2cc(NC(=O)Cc3ccccc3)ccc21. The van der Waals surface area contributed by atoms with Crippen molar-refractivity contribution >= 4 is 22.6 Å².